The van der Waals surface area contributed by atoms with E-state index in [2.05, 4.69) is 20.9 Å². The Hall–Kier alpha value is -4.60. The van der Waals surface area contributed by atoms with Gasteiger partial charge in [-0.1, -0.05) is 37.3 Å². The zero-order chi connectivity index (χ0) is 33.9. The van der Waals surface area contributed by atoms with Crippen molar-refractivity contribution in [2.45, 2.75) is 50.5 Å². The average molecular weight is 646 g/mol. The Kier molecular flexibility index (Phi) is 13.0. The monoisotopic (exact) mass is 645 g/mol. The predicted octanol–water partition coefficient (Wildman–Crippen LogP) is 1.31. The maximum Gasteiger partial charge on any atom is 0.416 e. The van der Waals surface area contributed by atoms with Crippen molar-refractivity contribution >= 4 is 40.2 Å². The van der Waals surface area contributed by atoms with Crippen molar-refractivity contribution < 1.29 is 37.5 Å². The van der Waals surface area contributed by atoms with Crippen molar-refractivity contribution in [2.75, 3.05) is 31.6 Å². The maximum atomic E-state index is 13.6. The minimum atomic E-state index is -4.57. The standard InChI is InChI=1S/C31H38F3N7O5/c1-2-12-41(13-11-35)27(43)16-26(39-28(44)23(36)18-42)30(46)40-25(14-19-7-9-21(10-8-19)31(32,33)34)29(45)38-22-15-20-5-3-4-6-24(20)37-17-22/h3-10,15,17,23,25-26,42H,2,11-14,16,18,35-36H2,1H3,(H,38,45)(H,39,44)(H,40,46). The van der Waals surface area contributed by atoms with Crippen LogP contribution in [0.15, 0.2) is 60.8 Å². The molecule has 46 heavy (non-hydrogen) atoms. The second kappa shape index (κ2) is 16.6. The summed E-state index contributed by atoms with van der Waals surface area (Å²) >= 11 is 0. The van der Waals surface area contributed by atoms with Gasteiger partial charge in [-0.3, -0.25) is 24.2 Å². The van der Waals surface area contributed by atoms with Crippen LogP contribution in [0.1, 0.15) is 30.9 Å². The minimum Gasteiger partial charge on any atom is -0.394 e. The van der Waals surface area contributed by atoms with E-state index in [1.54, 1.807) is 30.3 Å². The molecule has 3 unspecified atom stereocenters. The van der Waals surface area contributed by atoms with E-state index in [1.807, 2.05) is 6.92 Å². The summed E-state index contributed by atoms with van der Waals surface area (Å²) in [4.78, 5) is 58.6. The number of para-hydroxylation sites is 1. The summed E-state index contributed by atoms with van der Waals surface area (Å²) in [7, 11) is 0. The molecular formula is C31H38F3N7O5. The van der Waals surface area contributed by atoms with Gasteiger partial charge in [-0.15, -0.1) is 0 Å². The van der Waals surface area contributed by atoms with Crippen LogP contribution in [0.2, 0.25) is 0 Å². The van der Waals surface area contributed by atoms with Crippen LogP contribution in [0.5, 0.6) is 0 Å². The lowest BCUT2D eigenvalue weighted by Gasteiger charge is -2.27. The Morgan fingerprint density at radius 1 is 0.957 bits per heavy atom. The molecule has 0 saturated heterocycles. The molecular weight excluding hydrogens is 607 g/mol. The first-order valence-corrected chi connectivity index (χ1v) is 14.6. The fourth-order valence-corrected chi connectivity index (χ4v) is 4.58. The number of halogens is 3. The number of fused-ring (bicyclic) bond motifs is 1. The number of nitrogens with one attached hydrogen (secondary N) is 3. The van der Waals surface area contributed by atoms with E-state index in [1.165, 1.54) is 23.2 Å². The van der Waals surface area contributed by atoms with Gasteiger partial charge in [0.25, 0.3) is 0 Å². The Balaban J connectivity index is 1.91. The highest BCUT2D eigenvalue weighted by Crippen LogP contribution is 2.29. The van der Waals surface area contributed by atoms with Crippen molar-refractivity contribution in [2.24, 2.45) is 11.5 Å². The van der Waals surface area contributed by atoms with Crippen LogP contribution < -0.4 is 27.4 Å². The molecule has 0 aliphatic rings. The van der Waals surface area contributed by atoms with Crippen LogP contribution in [0.25, 0.3) is 10.9 Å². The molecule has 3 rings (SSSR count). The molecule has 1 aromatic heterocycles. The molecule has 3 aromatic rings. The fraction of sp³-hybridized carbons (Fsp3) is 0.387. The first kappa shape index (κ1) is 35.9. The second-order valence-electron chi connectivity index (χ2n) is 10.6. The lowest BCUT2D eigenvalue weighted by atomic mass is 10.0. The van der Waals surface area contributed by atoms with Gasteiger partial charge in [-0.25, -0.2) is 0 Å². The van der Waals surface area contributed by atoms with E-state index in [9.17, 15) is 37.5 Å². The van der Waals surface area contributed by atoms with E-state index >= 15 is 0 Å². The van der Waals surface area contributed by atoms with Crippen molar-refractivity contribution in [3.63, 3.8) is 0 Å². The van der Waals surface area contributed by atoms with Crippen LogP contribution in [0.3, 0.4) is 0 Å². The lowest BCUT2D eigenvalue weighted by Crippen LogP contribution is -2.57. The molecule has 0 saturated carbocycles. The summed E-state index contributed by atoms with van der Waals surface area (Å²) < 4.78 is 39.4. The third-order valence-electron chi connectivity index (χ3n) is 7.00. The zero-order valence-electron chi connectivity index (χ0n) is 25.2. The van der Waals surface area contributed by atoms with Crippen LogP contribution in [-0.4, -0.2) is 83.0 Å². The van der Waals surface area contributed by atoms with Crippen molar-refractivity contribution in [1.82, 2.24) is 20.5 Å². The molecule has 0 aliphatic carbocycles. The number of pyridine rings is 1. The molecule has 0 aliphatic heterocycles. The highest BCUT2D eigenvalue weighted by molar-refractivity contribution is 6.00. The fourth-order valence-electron chi connectivity index (χ4n) is 4.58. The number of alkyl halides is 3. The van der Waals surface area contributed by atoms with Crippen molar-refractivity contribution in [3.8, 4) is 0 Å². The van der Waals surface area contributed by atoms with Gasteiger partial charge in [0.15, 0.2) is 0 Å². The smallest absolute Gasteiger partial charge is 0.394 e. The Bertz CT molecular complexity index is 1500. The molecule has 0 spiro atoms. The van der Waals surface area contributed by atoms with Crippen LogP contribution >= 0.6 is 0 Å². The van der Waals surface area contributed by atoms with Crippen LogP contribution in [-0.2, 0) is 31.8 Å². The van der Waals surface area contributed by atoms with Gasteiger partial charge < -0.3 is 37.4 Å². The number of amides is 4. The van der Waals surface area contributed by atoms with Crippen molar-refractivity contribution in [1.29, 1.82) is 0 Å². The molecule has 3 atom stereocenters. The first-order valence-electron chi connectivity index (χ1n) is 14.6. The number of hydrogen-bond donors (Lipinski definition) is 6. The van der Waals surface area contributed by atoms with E-state index in [0.717, 1.165) is 17.5 Å². The number of anilines is 1. The molecule has 248 valence electrons. The molecule has 4 amide bonds. The van der Waals surface area contributed by atoms with E-state index in [4.69, 9.17) is 11.5 Å². The highest BCUT2D eigenvalue weighted by Gasteiger charge is 2.32. The number of rotatable bonds is 15. The Labute approximate surface area is 263 Å². The SMILES string of the molecule is CCCN(CCN)C(=O)CC(NC(=O)C(N)CO)C(=O)NC(Cc1ccc(C(F)(F)F)cc1)C(=O)Nc1cnc2ccccc2c1. The van der Waals surface area contributed by atoms with Gasteiger partial charge in [0.05, 0.1) is 36.0 Å². The first-order chi connectivity index (χ1) is 21.9. The van der Waals surface area contributed by atoms with E-state index in [0.29, 0.717) is 29.7 Å². The van der Waals surface area contributed by atoms with Gasteiger partial charge in [0.2, 0.25) is 23.6 Å². The molecule has 1 heterocycles. The van der Waals surface area contributed by atoms with Crippen LogP contribution in [0, 0.1) is 0 Å². The minimum absolute atomic E-state index is 0.156. The Morgan fingerprint density at radius 2 is 1.63 bits per heavy atom. The second-order valence-corrected chi connectivity index (χ2v) is 10.6. The highest BCUT2D eigenvalue weighted by atomic mass is 19.4. The normalized spacial score (nSPS) is 13.4. The predicted molar refractivity (Wildman–Crippen MR) is 165 cm³/mol. The molecule has 0 radical (unpaired) electrons. The number of carbonyl (C=O) groups is 4. The summed E-state index contributed by atoms with van der Waals surface area (Å²) in [5, 5.41) is 17.6. The third-order valence-corrected chi connectivity index (χ3v) is 7.00. The van der Waals surface area contributed by atoms with E-state index < -0.39 is 66.5 Å². The van der Waals surface area contributed by atoms with Gasteiger partial charge in [-0.05, 0) is 36.2 Å². The number of benzene rings is 2. The van der Waals surface area contributed by atoms with E-state index in [-0.39, 0.29) is 19.5 Å². The number of aromatic nitrogens is 1. The number of aliphatic hydroxyl groups excluding tert-OH is 1. The zero-order valence-corrected chi connectivity index (χ0v) is 25.2. The molecule has 15 heteroatoms. The largest absolute Gasteiger partial charge is 0.416 e. The number of nitrogens with two attached hydrogens (primary N) is 2. The lowest BCUT2D eigenvalue weighted by molar-refractivity contribution is -0.138. The van der Waals surface area contributed by atoms with Crippen molar-refractivity contribution in [3.05, 3.63) is 71.9 Å². The third kappa shape index (κ3) is 10.2. The summed E-state index contributed by atoms with van der Waals surface area (Å²) in [5.41, 5.74) is 11.6. The number of aliphatic hydroxyl groups is 1. The van der Waals surface area contributed by atoms with Gasteiger partial charge in [0, 0.05) is 31.4 Å². The number of carbonyl (C=O) groups excluding carboxylic acids is 4. The summed E-state index contributed by atoms with van der Waals surface area (Å²) in [6, 6.07) is 8.63. The molecule has 0 fully saturated rings. The summed E-state index contributed by atoms with van der Waals surface area (Å²) in [6.07, 6.45) is -3.32. The van der Waals surface area contributed by atoms with Crippen LogP contribution in [0.4, 0.5) is 18.9 Å². The number of hydrogen-bond acceptors (Lipinski definition) is 8. The Morgan fingerprint density at radius 3 is 2.26 bits per heavy atom. The molecule has 2 aromatic carbocycles. The number of nitrogens with zero attached hydrogens (tertiary/aromatic N) is 2. The summed E-state index contributed by atoms with van der Waals surface area (Å²) in [6.45, 7) is 1.81. The maximum absolute atomic E-state index is 13.6. The average Bonchev–Trinajstić information content (AvgIpc) is 3.03. The quantitative estimate of drug-likeness (QED) is 0.142. The van der Waals surface area contributed by atoms with Gasteiger partial charge >= 0.3 is 6.18 Å². The van der Waals surface area contributed by atoms with Gasteiger partial charge in [-0.2, -0.15) is 13.2 Å². The summed E-state index contributed by atoms with van der Waals surface area (Å²) in [5.74, 6) is -3.08. The topological polar surface area (TPSA) is 193 Å². The van der Waals surface area contributed by atoms with Gasteiger partial charge in [0.1, 0.15) is 18.1 Å². The molecule has 0 bridgehead atoms. The molecule has 8 N–H and O–H groups in total. The molecule has 12 nitrogen and oxygen atoms in total.